The molecule has 0 unspecified atom stereocenters. The maximum absolute atomic E-state index is 13.8. The highest BCUT2D eigenvalue weighted by atomic mass is 19.4. The van der Waals surface area contributed by atoms with Crippen LogP contribution in [0.15, 0.2) is 6.07 Å². The molecule has 1 aromatic rings. The second-order valence-corrected chi connectivity index (χ2v) is 8.45. The summed E-state index contributed by atoms with van der Waals surface area (Å²) in [6, 6.07) is -0.507. The SMILES string of the molecule is N[C@H]1CN(c2cc(N3CCC(F)(F)C3)nc(C(F)(F)F)n2)C[C@@H]1N1CC(F)(F)CCC1=O. The van der Waals surface area contributed by atoms with E-state index in [2.05, 4.69) is 9.97 Å². The Bertz CT molecular complexity index is 895. The molecule has 2 atom stereocenters. The predicted molar refractivity (Wildman–Crippen MR) is 98.7 cm³/mol. The highest BCUT2D eigenvalue weighted by Gasteiger charge is 2.46. The number of halogens is 7. The lowest BCUT2D eigenvalue weighted by Crippen LogP contribution is -2.56. The number of carbonyl (C=O) groups excluding carboxylic acids is 1. The Morgan fingerprint density at radius 3 is 2.19 bits per heavy atom. The van der Waals surface area contributed by atoms with Crippen LogP contribution in [0.1, 0.15) is 25.1 Å². The Morgan fingerprint density at radius 1 is 0.969 bits per heavy atom. The first-order chi connectivity index (χ1) is 14.7. The number of nitrogens with two attached hydrogens (primary N) is 1. The van der Waals surface area contributed by atoms with Crippen molar-refractivity contribution in [3.63, 3.8) is 0 Å². The minimum Gasteiger partial charge on any atom is -0.353 e. The highest BCUT2D eigenvalue weighted by Crippen LogP contribution is 2.36. The molecule has 4 heterocycles. The van der Waals surface area contributed by atoms with Crippen LogP contribution in [-0.4, -0.2) is 77.4 Å². The number of hydrogen-bond acceptors (Lipinski definition) is 6. The van der Waals surface area contributed by atoms with Gasteiger partial charge in [0.25, 0.3) is 11.8 Å². The van der Waals surface area contributed by atoms with Gasteiger partial charge in [-0.05, 0) is 0 Å². The minimum atomic E-state index is -4.93. The van der Waals surface area contributed by atoms with Gasteiger partial charge in [-0.15, -0.1) is 0 Å². The molecule has 0 bridgehead atoms. The molecule has 0 radical (unpaired) electrons. The summed E-state index contributed by atoms with van der Waals surface area (Å²) in [5.41, 5.74) is 6.05. The molecule has 3 aliphatic rings. The molecule has 0 aliphatic carbocycles. The molecule has 0 saturated carbocycles. The van der Waals surface area contributed by atoms with E-state index in [1.807, 2.05) is 0 Å². The van der Waals surface area contributed by atoms with Crippen molar-refractivity contribution < 1.29 is 35.5 Å². The van der Waals surface area contributed by atoms with Crippen LogP contribution < -0.4 is 15.5 Å². The molecule has 3 fully saturated rings. The fourth-order valence-corrected chi connectivity index (χ4v) is 4.28. The van der Waals surface area contributed by atoms with Gasteiger partial charge in [0.05, 0.1) is 19.1 Å². The summed E-state index contributed by atoms with van der Waals surface area (Å²) in [5, 5.41) is 0. The van der Waals surface area contributed by atoms with Gasteiger partial charge in [-0.25, -0.2) is 27.5 Å². The Morgan fingerprint density at radius 2 is 1.59 bits per heavy atom. The van der Waals surface area contributed by atoms with E-state index in [-0.39, 0.29) is 37.7 Å². The van der Waals surface area contributed by atoms with Crippen LogP contribution >= 0.6 is 0 Å². The number of piperidine rings is 1. The monoisotopic (exact) mass is 470 g/mol. The number of aromatic nitrogens is 2. The smallest absolute Gasteiger partial charge is 0.353 e. The summed E-state index contributed by atoms with van der Waals surface area (Å²) in [4.78, 5) is 22.5. The molecule has 1 amide bonds. The summed E-state index contributed by atoms with van der Waals surface area (Å²) in [5.74, 6) is -8.66. The molecule has 2 N–H and O–H groups in total. The molecule has 4 rings (SSSR count). The fourth-order valence-electron chi connectivity index (χ4n) is 4.28. The zero-order valence-corrected chi connectivity index (χ0v) is 16.8. The lowest BCUT2D eigenvalue weighted by atomic mass is 10.0. The second kappa shape index (κ2) is 7.59. The van der Waals surface area contributed by atoms with Gasteiger partial charge >= 0.3 is 6.18 Å². The van der Waals surface area contributed by atoms with Crippen LogP contribution in [0, 0.1) is 0 Å². The average Bonchev–Trinajstić information content (AvgIpc) is 3.25. The number of amides is 1. The van der Waals surface area contributed by atoms with Crippen molar-refractivity contribution in [1.29, 1.82) is 0 Å². The van der Waals surface area contributed by atoms with Crippen molar-refractivity contribution in [2.75, 3.05) is 42.5 Å². The average molecular weight is 470 g/mol. The highest BCUT2D eigenvalue weighted by molar-refractivity contribution is 5.78. The van der Waals surface area contributed by atoms with Crippen molar-refractivity contribution >= 4 is 17.5 Å². The third-order valence-electron chi connectivity index (χ3n) is 5.93. The molecule has 1 aromatic heterocycles. The molecular weight excluding hydrogens is 449 g/mol. The van der Waals surface area contributed by atoms with E-state index >= 15 is 0 Å². The van der Waals surface area contributed by atoms with Gasteiger partial charge in [0, 0.05) is 51.0 Å². The largest absolute Gasteiger partial charge is 0.451 e. The summed E-state index contributed by atoms with van der Waals surface area (Å²) < 4.78 is 95.0. The van der Waals surface area contributed by atoms with Crippen molar-refractivity contribution in [2.45, 2.75) is 49.4 Å². The van der Waals surface area contributed by atoms with E-state index in [4.69, 9.17) is 5.73 Å². The Kier molecular flexibility index (Phi) is 5.41. The van der Waals surface area contributed by atoms with Gasteiger partial charge in [-0.2, -0.15) is 13.2 Å². The first kappa shape index (κ1) is 22.8. The fraction of sp³-hybridized carbons (Fsp3) is 0.722. The zero-order valence-electron chi connectivity index (χ0n) is 16.8. The number of likely N-dealkylation sites (tertiary alicyclic amines) is 1. The van der Waals surface area contributed by atoms with Gasteiger partial charge in [-0.3, -0.25) is 4.79 Å². The normalized spacial score (nSPS) is 28.0. The molecular formula is C18H21F7N6O. The number of nitrogens with zero attached hydrogens (tertiary/aromatic N) is 5. The van der Waals surface area contributed by atoms with Crippen molar-refractivity contribution in [3.05, 3.63) is 11.9 Å². The van der Waals surface area contributed by atoms with Gasteiger partial charge in [-0.1, -0.05) is 0 Å². The Hall–Kier alpha value is -2.38. The van der Waals surface area contributed by atoms with Crippen LogP contribution in [0.3, 0.4) is 0 Å². The molecule has 0 aromatic carbocycles. The van der Waals surface area contributed by atoms with Crippen LogP contribution in [0.2, 0.25) is 0 Å². The number of hydrogen-bond donors (Lipinski definition) is 1. The maximum Gasteiger partial charge on any atom is 0.451 e. The first-order valence-corrected chi connectivity index (χ1v) is 10.0. The molecule has 0 spiro atoms. The molecule has 3 aliphatic heterocycles. The van der Waals surface area contributed by atoms with E-state index in [0.29, 0.717) is 0 Å². The summed E-state index contributed by atoms with van der Waals surface area (Å²) in [7, 11) is 0. The quantitative estimate of drug-likeness (QED) is 0.682. The maximum atomic E-state index is 13.8. The summed E-state index contributed by atoms with van der Waals surface area (Å²) >= 11 is 0. The number of alkyl halides is 7. The second-order valence-electron chi connectivity index (χ2n) is 8.45. The predicted octanol–water partition coefficient (Wildman–Crippen LogP) is 2.11. The minimum absolute atomic E-state index is 0.0517. The molecule has 14 heteroatoms. The van der Waals surface area contributed by atoms with Gasteiger partial charge in [0.2, 0.25) is 11.7 Å². The zero-order chi connectivity index (χ0) is 23.5. The summed E-state index contributed by atoms with van der Waals surface area (Å²) in [6.07, 6.45) is -6.37. The van der Waals surface area contributed by atoms with E-state index in [9.17, 15) is 35.5 Å². The number of carbonyl (C=O) groups is 1. The van der Waals surface area contributed by atoms with Crippen molar-refractivity contribution in [1.82, 2.24) is 14.9 Å². The van der Waals surface area contributed by atoms with Crippen LogP contribution in [-0.2, 0) is 11.0 Å². The standard InChI is InChI=1S/C18H21F7N6O/c19-16(20)2-1-14(32)31(9-16)11-7-30(6-10(11)26)13-5-12(27-15(28-13)18(23,24)25)29-4-3-17(21,22)8-29/h5,10-11H,1-4,6-9,26H2/t10-,11-/m0/s1. The topological polar surface area (TPSA) is 78.6 Å². The van der Waals surface area contributed by atoms with Gasteiger partial charge in [0.15, 0.2) is 0 Å². The first-order valence-electron chi connectivity index (χ1n) is 10.0. The lowest BCUT2D eigenvalue weighted by molar-refractivity contribution is -0.150. The van der Waals surface area contributed by atoms with Crippen LogP contribution in [0.25, 0.3) is 0 Å². The van der Waals surface area contributed by atoms with E-state index in [1.165, 1.54) is 4.90 Å². The van der Waals surface area contributed by atoms with E-state index < -0.39 is 67.8 Å². The number of rotatable bonds is 3. The van der Waals surface area contributed by atoms with E-state index in [0.717, 1.165) is 15.9 Å². The molecule has 7 nitrogen and oxygen atoms in total. The van der Waals surface area contributed by atoms with Gasteiger partial charge < -0.3 is 20.4 Å². The van der Waals surface area contributed by atoms with Crippen LogP contribution in [0.5, 0.6) is 0 Å². The van der Waals surface area contributed by atoms with Crippen LogP contribution in [0.4, 0.5) is 42.4 Å². The molecule has 3 saturated heterocycles. The Balaban J connectivity index is 1.61. The molecule has 178 valence electrons. The molecule has 32 heavy (non-hydrogen) atoms. The third-order valence-corrected chi connectivity index (χ3v) is 5.93. The van der Waals surface area contributed by atoms with Crippen molar-refractivity contribution in [3.8, 4) is 0 Å². The Labute approximate surface area is 178 Å². The third kappa shape index (κ3) is 4.55. The lowest BCUT2D eigenvalue weighted by Gasteiger charge is -2.37. The van der Waals surface area contributed by atoms with Crippen molar-refractivity contribution in [2.24, 2.45) is 5.73 Å². The summed E-state index contributed by atoms with van der Waals surface area (Å²) in [6.45, 7) is -1.94. The van der Waals surface area contributed by atoms with E-state index in [1.54, 1.807) is 0 Å². The van der Waals surface area contributed by atoms with Gasteiger partial charge in [0.1, 0.15) is 11.6 Å². The number of anilines is 2.